The van der Waals surface area contributed by atoms with Crippen molar-refractivity contribution >= 4 is 36.5 Å². The van der Waals surface area contributed by atoms with Crippen LogP contribution in [0.2, 0.25) is 0 Å². The fourth-order valence-electron chi connectivity index (χ4n) is 2.70. The molecule has 0 aromatic heterocycles. The van der Waals surface area contributed by atoms with Crippen molar-refractivity contribution in [2.45, 2.75) is 19.8 Å². The van der Waals surface area contributed by atoms with Crippen LogP contribution < -0.4 is 5.32 Å². The maximum Gasteiger partial charge on any atom is 0.322 e. The van der Waals surface area contributed by atoms with Gasteiger partial charge in [-0.15, -0.1) is 24.8 Å². The highest BCUT2D eigenvalue weighted by Crippen LogP contribution is 2.33. The molecule has 0 fully saturated rings. The summed E-state index contributed by atoms with van der Waals surface area (Å²) in [6.07, 6.45) is 1.94. The smallest absolute Gasteiger partial charge is 0.322 e. The molecule has 21 heavy (non-hydrogen) atoms. The molecule has 0 unspecified atom stereocenters. The Morgan fingerprint density at radius 1 is 1.19 bits per heavy atom. The molecular formula is C14H22Cl2N2O3. The summed E-state index contributed by atoms with van der Waals surface area (Å²) < 4.78 is 0. The Balaban J connectivity index is 0. The number of nitrogens with zero attached hydrogens (tertiary/aromatic N) is 1. The van der Waals surface area contributed by atoms with Crippen LogP contribution in [0.3, 0.4) is 0 Å². The van der Waals surface area contributed by atoms with Gasteiger partial charge < -0.3 is 16.3 Å². The number of urea groups is 1. The van der Waals surface area contributed by atoms with Crippen molar-refractivity contribution in [2.75, 3.05) is 13.1 Å². The first kappa shape index (κ1) is 22.0. The molecule has 7 heteroatoms. The average molecular weight is 337 g/mol. The highest BCUT2D eigenvalue weighted by atomic mass is 35.5. The zero-order valence-corrected chi connectivity index (χ0v) is 13.4. The van der Waals surface area contributed by atoms with Crippen molar-refractivity contribution in [3.05, 3.63) is 41.0 Å². The molecule has 3 rings (SSSR count). The minimum absolute atomic E-state index is 0. The first-order valence-corrected chi connectivity index (χ1v) is 6.17. The summed E-state index contributed by atoms with van der Waals surface area (Å²) in [6.45, 7) is 3.63. The zero-order valence-electron chi connectivity index (χ0n) is 11.8. The van der Waals surface area contributed by atoms with E-state index in [2.05, 4.69) is 36.5 Å². The number of nitrogens with one attached hydrogen (secondary N) is 1. The number of rotatable bonds is 1. The van der Waals surface area contributed by atoms with Gasteiger partial charge in [0.15, 0.2) is 0 Å². The van der Waals surface area contributed by atoms with E-state index in [-0.39, 0.29) is 41.8 Å². The SMILES string of the molecule is CCC1=C2c3ccccc3CCN2C(=O)NC1.Cl.Cl.O.O. The molecule has 0 aliphatic carbocycles. The minimum atomic E-state index is 0. The molecule has 2 aliphatic rings. The van der Waals surface area contributed by atoms with Crippen molar-refractivity contribution in [3.63, 3.8) is 0 Å². The standard InChI is InChI=1S/C14H16N2O.2ClH.2H2O/c1-2-10-9-15-14(17)16-8-7-11-5-3-4-6-12(11)13(10)16;;;;/h3-6H,2,7-9H2,1H3,(H,15,17);2*1H;2*1H2. The van der Waals surface area contributed by atoms with Gasteiger partial charge in [0.05, 0.1) is 5.70 Å². The largest absolute Gasteiger partial charge is 0.412 e. The lowest BCUT2D eigenvalue weighted by molar-refractivity contribution is 0.215. The van der Waals surface area contributed by atoms with Crippen molar-refractivity contribution in [3.8, 4) is 0 Å². The van der Waals surface area contributed by atoms with Crippen LogP contribution in [0.5, 0.6) is 0 Å². The monoisotopic (exact) mass is 336 g/mol. The third-order valence-electron chi connectivity index (χ3n) is 3.61. The molecule has 2 aliphatic heterocycles. The van der Waals surface area contributed by atoms with Gasteiger partial charge in [-0.25, -0.2) is 4.79 Å². The Morgan fingerprint density at radius 2 is 1.86 bits per heavy atom. The maximum atomic E-state index is 11.9. The second-order valence-corrected chi connectivity index (χ2v) is 4.52. The molecule has 0 radical (unpaired) electrons. The molecule has 120 valence electrons. The summed E-state index contributed by atoms with van der Waals surface area (Å²) in [5, 5.41) is 2.94. The fraction of sp³-hybridized carbons (Fsp3) is 0.357. The number of benzene rings is 1. The lowest BCUT2D eigenvalue weighted by Crippen LogP contribution is -2.47. The van der Waals surface area contributed by atoms with E-state index >= 15 is 0 Å². The van der Waals surface area contributed by atoms with Crippen molar-refractivity contribution in [1.29, 1.82) is 0 Å². The van der Waals surface area contributed by atoms with Gasteiger partial charge in [0.25, 0.3) is 0 Å². The Kier molecular flexibility index (Phi) is 9.32. The van der Waals surface area contributed by atoms with E-state index in [4.69, 9.17) is 0 Å². The maximum absolute atomic E-state index is 11.9. The Labute approximate surface area is 136 Å². The normalized spacial score (nSPS) is 15.1. The van der Waals surface area contributed by atoms with Crippen LogP contribution in [0.4, 0.5) is 4.79 Å². The van der Waals surface area contributed by atoms with E-state index in [0.717, 1.165) is 25.1 Å². The number of carbonyl (C=O) groups excluding carboxylic acids is 1. The number of carbonyl (C=O) groups is 1. The van der Waals surface area contributed by atoms with E-state index in [1.807, 2.05) is 4.90 Å². The predicted molar refractivity (Wildman–Crippen MR) is 89.2 cm³/mol. The molecule has 0 spiro atoms. The van der Waals surface area contributed by atoms with Gasteiger partial charge >= 0.3 is 6.03 Å². The highest BCUT2D eigenvalue weighted by molar-refractivity contribution is 5.91. The van der Waals surface area contributed by atoms with Crippen LogP contribution in [0.1, 0.15) is 24.5 Å². The topological polar surface area (TPSA) is 95.3 Å². The van der Waals surface area contributed by atoms with E-state index < -0.39 is 0 Å². The Morgan fingerprint density at radius 3 is 2.52 bits per heavy atom. The fourth-order valence-corrected chi connectivity index (χ4v) is 2.70. The molecule has 0 bridgehead atoms. The molecular weight excluding hydrogens is 315 g/mol. The van der Waals surface area contributed by atoms with Crippen molar-refractivity contribution < 1.29 is 15.7 Å². The van der Waals surface area contributed by atoms with Crippen LogP contribution in [-0.2, 0) is 6.42 Å². The quantitative estimate of drug-likeness (QED) is 0.827. The van der Waals surface area contributed by atoms with Gasteiger partial charge in [0.2, 0.25) is 0 Å². The van der Waals surface area contributed by atoms with Crippen LogP contribution in [-0.4, -0.2) is 35.0 Å². The molecule has 0 atom stereocenters. The zero-order chi connectivity index (χ0) is 11.8. The summed E-state index contributed by atoms with van der Waals surface area (Å²) in [5.74, 6) is 0. The van der Waals surface area contributed by atoms with Crippen LogP contribution in [0.15, 0.2) is 29.8 Å². The summed E-state index contributed by atoms with van der Waals surface area (Å²) in [5.41, 5.74) is 5.08. The number of halogens is 2. The van der Waals surface area contributed by atoms with Crippen molar-refractivity contribution in [2.24, 2.45) is 0 Å². The van der Waals surface area contributed by atoms with E-state index in [9.17, 15) is 4.79 Å². The van der Waals surface area contributed by atoms with E-state index in [0.29, 0.717) is 6.54 Å². The third kappa shape index (κ3) is 3.68. The predicted octanol–water partition coefficient (Wildman–Crippen LogP) is 1.58. The first-order chi connectivity index (χ1) is 8.31. The average Bonchev–Trinajstić information content (AvgIpc) is 2.39. The third-order valence-corrected chi connectivity index (χ3v) is 3.61. The molecule has 1 aromatic carbocycles. The summed E-state index contributed by atoms with van der Waals surface area (Å²) in [6, 6.07) is 8.47. The van der Waals surface area contributed by atoms with Gasteiger partial charge in [-0.2, -0.15) is 0 Å². The molecule has 1 aromatic rings. The Hall–Kier alpha value is -1.27. The van der Waals surface area contributed by atoms with Crippen LogP contribution in [0, 0.1) is 0 Å². The molecule has 5 N–H and O–H groups in total. The second-order valence-electron chi connectivity index (χ2n) is 4.52. The first-order valence-electron chi connectivity index (χ1n) is 6.17. The van der Waals surface area contributed by atoms with Crippen molar-refractivity contribution in [1.82, 2.24) is 10.2 Å². The molecule has 0 saturated carbocycles. The Bertz CT molecular complexity index is 521. The van der Waals surface area contributed by atoms with Gasteiger partial charge in [-0.3, -0.25) is 4.90 Å². The number of fused-ring (bicyclic) bond motifs is 3. The molecule has 2 amide bonds. The number of amides is 2. The van der Waals surface area contributed by atoms with Gasteiger partial charge in [0, 0.05) is 18.7 Å². The van der Waals surface area contributed by atoms with Gasteiger partial charge in [0.1, 0.15) is 0 Å². The molecule has 5 nitrogen and oxygen atoms in total. The van der Waals surface area contributed by atoms with E-state index in [1.165, 1.54) is 16.7 Å². The minimum Gasteiger partial charge on any atom is -0.412 e. The molecule has 0 saturated heterocycles. The van der Waals surface area contributed by atoms with Gasteiger partial charge in [-0.1, -0.05) is 31.2 Å². The number of hydrogen-bond acceptors (Lipinski definition) is 1. The van der Waals surface area contributed by atoms with Crippen LogP contribution in [0.25, 0.3) is 5.70 Å². The second kappa shape index (κ2) is 8.89. The molecule has 2 heterocycles. The van der Waals surface area contributed by atoms with Gasteiger partial charge in [-0.05, 0) is 24.0 Å². The van der Waals surface area contributed by atoms with Crippen LogP contribution >= 0.6 is 24.8 Å². The lowest BCUT2D eigenvalue weighted by atomic mass is 9.92. The summed E-state index contributed by atoms with van der Waals surface area (Å²) in [7, 11) is 0. The summed E-state index contributed by atoms with van der Waals surface area (Å²) >= 11 is 0. The van der Waals surface area contributed by atoms with E-state index in [1.54, 1.807) is 0 Å². The number of hydrogen-bond donors (Lipinski definition) is 1. The summed E-state index contributed by atoms with van der Waals surface area (Å²) in [4.78, 5) is 13.8. The lowest BCUT2D eigenvalue weighted by Gasteiger charge is -2.37. The highest BCUT2D eigenvalue weighted by Gasteiger charge is 2.30.